The quantitative estimate of drug-likeness (QED) is 0.701. The summed E-state index contributed by atoms with van der Waals surface area (Å²) in [6.45, 7) is 6.18. The summed E-state index contributed by atoms with van der Waals surface area (Å²) in [7, 11) is 0. The van der Waals surface area contributed by atoms with E-state index in [1.165, 1.54) is 0 Å². The molecule has 2 N–H and O–H groups in total. The highest BCUT2D eigenvalue weighted by Crippen LogP contribution is 2.18. The molecule has 0 radical (unpaired) electrons. The van der Waals surface area contributed by atoms with Crippen LogP contribution in [-0.4, -0.2) is 31.4 Å². The first-order chi connectivity index (χ1) is 13.0. The minimum absolute atomic E-state index is 0.189. The summed E-state index contributed by atoms with van der Waals surface area (Å²) in [5.41, 5.74) is 2.52. The molecule has 0 bridgehead atoms. The monoisotopic (exact) mass is 366 g/mol. The molecule has 2 aromatic heterocycles. The Bertz CT molecular complexity index is 959. The first-order valence-electron chi connectivity index (χ1n) is 8.73. The number of amides is 2. The van der Waals surface area contributed by atoms with Gasteiger partial charge in [0, 0.05) is 30.3 Å². The van der Waals surface area contributed by atoms with E-state index in [1.54, 1.807) is 59.0 Å². The fourth-order valence-corrected chi connectivity index (χ4v) is 2.66. The smallest absolute Gasteiger partial charge is 0.273 e. The summed E-state index contributed by atoms with van der Waals surface area (Å²) in [5.74, 6) is -0.441. The van der Waals surface area contributed by atoms with E-state index >= 15 is 0 Å². The predicted molar refractivity (Wildman–Crippen MR) is 103 cm³/mol. The van der Waals surface area contributed by atoms with Crippen molar-refractivity contribution >= 4 is 23.2 Å². The number of anilines is 2. The van der Waals surface area contributed by atoms with E-state index in [1.807, 2.05) is 19.9 Å². The van der Waals surface area contributed by atoms with Crippen molar-refractivity contribution in [3.63, 3.8) is 0 Å². The van der Waals surface area contributed by atoms with Crippen LogP contribution in [0.15, 0.2) is 48.8 Å². The second-order valence-electron chi connectivity index (χ2n) is 6.17. The van der Waals surface area contributed by atoms with Crippen LogP contribution in [0.1, 0.15) is 36.1 Å². The first-order valence-corrected chi connectivity index (χ1v) is 8.73. The molecule has 8 nitrogen and oxygen atoms in total. The number of carbonyl (C=O) groups excluding carboxylic acids is 2. The summed E-state index contributed by atoms with van der Waals surface area (Å²) in [5, 5.41) is 14.0. The number of nitrogens with one attached hydrogen (secondary N) is 2. The standard InChI is InChI=1S/C19H22N6O2/c1-4-24-17(8-10-20-24)19(27)22-16-7-5-6-15(12-16)21-18(26)14(3)25-11-9-13(2)23-25/h5-12,14H,4H2,1-3H3,(H,21,26)(H,22,27). The number of carbonyl (C=O) groups is 2. The van der Waals surface area contributed by atoms with Crippen LogP contribution in [0.3, 0.4) is 0 Å². The van der Waals surface area contributed by atoms with Crippen molar-refractivity contribution in [2.75, 3.05) is 10.6 Å². The van der Waals surface area contributed by atoms with Gasteiger partial charge < -0.3 is 10.6 Å². The largest absolute Gasteiger partial charge is 0.324 e. The number of aromatic nitrogens is 4. The van der Waals surface area contributed by atoms with Gasteiger partial charge in [-0.3, -0.25) is 19.0 Å². The molecule has 0 spiro atoms. The van der Waals surface area contributed by atoms with E-state index in [-0.39, 0.29) is 11.8 Å². The van der Waals surface area contributed by atoms with Crippen LogP contribution in [0.2, 0.25) is 0 Å². The highest BCUT2D eigenvalue weighted by Gasteiger charge is 2.16. The lowest BCUT2D eigenvalue weighted by atomic mass is 10.2. The number of hydrogen-bond donors (Lipinski definition) is 2. The molecular formula is C19H22N6O2. The number of hydrogen-bond acceptors (Lipinski definition) is 4. The van der Waals surface area contributed by atoms with Crippen LogP contribution in [0, 0.1) is 6.92 Å². The highest BCUT2D eigenvalue weighted by molar-refractivity contribution is 6.03. The molecule has 27 heavy (non-hydrogen) atoms. The number of benzene rings is 1. The molecule has 0 aliphatic rings. The Kier molecular flexibility index (Phi) is 5.35. The van der Waals surface area contributed by atoms with Crippen molar-refractivity contribution in [2.45, 2.75) is 33.4 Å². The van der Waals surface area contributed by atoms with Crippen molar-refractivity contribution in [3.05, 3.63) is 60.2 Å². The third-order valence-electron chi connectivity index (χ3n) is 4.15. The minimum Gasteiger partial charge on any atom is -0.324 e. The van der Waals surface area contributed by atoms with Gasteiger partial charge in [-0.05, 0) is 51.1 Å². The SMILES string of the molecule is CCn1nccc1C(=O)Nc1cccc(NC(=O)C(C)n2ccc(C)n2)c1. The van der Waals surface area contributed by atoms with Crippen molar-refractivity contribution in [1.29, 1.82) is 0 Å². The maximum absolute atomic E-state index is 12.5. The zero-order valence-electron chi connectivity index (χ0n) is 15.5. The van der Waals surface area contributed by atoms with E-state index in [2.05, 4.69) is 20.8 Å². The van der Waals surface area contributed by atoms with Crippen molar-refractivity contribution in [3.8, 4) is 0 Å². The van der Waals surface area contributed by atoms with E-state index < -0.39 is 6.04 Å². The molecule has 140 valence electrons. The summed E-state index contributed by atoms with van der Waals surface area (Å²) in [6.07, 6.45) is 3.36. The zero-order valence-corrected chi connectivity index (χ0v) is 15.5. The Balaban J connectivity index is 1.68. The molecule has 0 aliphatic heterocycles. The molecule has 8 heteroatoms. The molecule has 3 aromatic rings. The van der Waals surface area contributed by atoms with Crippen molar-refractivity contribution < 1.29 is 9.59 Å². The average Bonchev–Trinajstić information content (AvgIpc) is 3.30. The van der Waals surface area contributed by atoms with Gasteiger partial charge in [0.05, 0.1) is 5.69 Å². The fourth-order valence-electron chi connectivity index (χ4n) is 2.66. The van der Waals surface area contributed by atoms with E-state index in [0.717, 1.165) is 5.69 Å². The second kappa shape index (κ2) is 7.86. The van der Waals surface area contributed by atoms with Crippen LogP contribution in [0.5, 0.6) is 0 Å². The van der Waals surface area contributed by atoms with Crippen LogP contribution < -0.4 is 10.6 Å². The lowest BCUT2D eigenvalue weighted by Gasteiger charge is -2.14. The van der Waals surface area contributed by atoms with Gasteiger partial charge in [-0.15, -0.1) is 0 Å². The van der Waals surface area contributed by atoms with Gasteiger partial charge in [-0.1, -0.05) is 6.07 Å². The number of nitrogens with zero attached hydrogens (tertiary/aromatic N) is 4. The highest BCUT2D eigenvalue weighted by atomic mass is 16.2. The molecule has 0 aliphatic carbocycles. The zero-order chi connectivity index (χ0) is 19.4. The Labute approximate surface area is 157 Å². The molecule has 2 heterocycles. The topological polar surface area (TPSA) is 93.8 Å². The average molecular weight is 366 g/mol. The maximum atomic E-state index is 12.5. The van der Waals surface area contributed by atoms with Gasteiger partial charge in [-0.2, -0.15) is 10.2 Å². The van der Waals surface area contributed by atoms with Gasteiger partial charge in [0.15, 0.2) is 0 Å². The van der Waals surface area contributed by atoms with Gasteiger partial charge >= 0.3 is 0 Å². The molecule has 0 fully saturated rings. The van der Waals surface area contributed by atoms with Gasteiger partial charge in [-0.25, -0.2) is 0 Å². The van der Waals surface area contributed by atoms with Crippen molar-refractivity contribution in [1.82, 2.24) is 19.6 Å². The molecule has 0 saturated heterocycles. The summed E-state index contributed by atoms with van der Waals surface area (Å²) in [4.78, 5) is 24.9. The summed E-state index contributed by atoms with van der Waals surface area (Å²) >= 11 is 0. The Morgan fingerprint density at radius 1 is 1.15 bits per heavy atom. The molecule has 3 rings (SSSR count). The van der Waals surface area contributed by atoms with Crippen LogP contribution in [0.25, 0.3) is 0 Å². The van der Waals surface area contributed by atoms with Crippen molar-refractivity contribution in [2.24, 2.45) is 0 Å². The van der Waals surface area contributed by atoms with Crippen LogP contribution >= 0.6 is 0 Å². The Morgan fingerprint density at radius 3 is 2.56 bits per heavy atom. The summed E-state index contributed by atoms with van der Waals surface area (Å²) < 4.78 is 3.23. The number of rotatable bonds is 6. The Morgan fingerprint density at radius 2 is 1.89 bits per heavy atom. The lowest BCUT2D eigenvalue weighted by molar-refractivity contribution is -0.119. The molecule has 1 aromatic carbocycles. The number of aryl methyl sites for hydroxylation is 2. The van der Waals surface area contributed by atoms with Crippen LogP contribution in [0.4, 0.5) is 11.4 Å². The molecule has 1 unspecified atom stereocenters. The Hall–Kier alpha value is -3.42. The molecule has 0 saturated carbocycles. The first kappa shape index (κ1) is 18.4. The molecular weight excluding hydrogens is 344 g/mol. The third-order valence-corrected chi connectivity index (χ3v) is 4.15. The lowest BCUT2D eigenvalue weighted by Crippen LogP contribution is -2.24. The van der Waals surface area contributed by atoms with Gasteiger partial charge in [0.1, 0.15) is 11.7 Å². The maximum Gasteiger partial charge on any atom is 0.273 e. The van der Waals surface area contributed by atoms with Gasteiger partial charge in [0.2, 0.25) is 5.91 Å². The van der Waals surface area contributed by atoms with Gasteiger partial charge in [0.25, 0.3) is 5.91 Å². The third kappa shape index (κ3) is 4.22. The van der Waals surface area contributed by atoms with Crippen LogP contribution in [-0.2, 0) is 11.3 Å². The predicted octanol–water partition coefficient (Wildman–Crippen LogP) is 2.86. The van der Waals surface area contributed by atoms with E-state index in [9.17, 15) is 9.59 Å². The normalized spacial score (nSPS) is 11.8. The molecule has 2 amide bonds. The fraction of sp³-hybridized carbons (Fsp3) is 0.263. The summed E-state index contributed by atoms with van der Waals surface area (Å²) in [6, 6.07) is 10.1. The minimum atomic E-state index is -0.448. The molecule has 1 atom stereocenters. The van der Waals surface area contributed by atoms with E-state index in [0.29, 0.717) is 23.6 Å². The van der Waals surface area contributed by atoms with E-state index in [4.69, 9.17) is 0 Å². The second-order valence-corrected chi connectivity index (χ2v) is 6.17.